The Morgan fingerprint density at radius 1 is 1.21 bits per heavy atom. The second-order valence-corrected chi connectivity index (χ2v) is 4.53. The first-order valence-corrected chi connectivity index (χ1v) is 5.85. The highest BCUT2D eigenvalue weighted by Gasteiger charge is 2.14. The van der Waals surface area contributed by atoms with Crippen molar-refractivity contribution < 1.29 is 4.42 Å². The van der Waals surface area contributed by atoms with Gasteiger partial charge in [-0.25, -0.2) is 4.79 Å². The lowest BCUT2D eigenvalue weighted by molar-refractivity contribution is 0.523. The average Bonchev–Trinajstić information content (AvgIpc) is 2.38. The number of aryl methyl sites for hydroxylation is 1. The van der Waals surface area contributed by atoms with Crippen LogP contribution in [0, 0.1) is 18.3 Å². The van der Waals surface area contributed by atoms with Crippen LogP contribution in [0.2, 0.25) is 0 Å². The van der Waals surface area contributed by atoms with Crippen LogP contribution in [0.1, 0.15) is 11.1 Å². The number of nitrogens with zero attached hydrogens (tertiary/aromatic N) is 2. The van der Waals surface area contributed by atoms with Gasteiger partial charge in [-0.05, 0) is 6.92 Å². The van der Waals surface area contributed by atoms with Crippen LogP contribution in [0.5, 0.6) is 0 Å². The Morgan fingerprint density at radius 2 is 1.84 bits per heavy atom. The van der Waals surface area contributed by atoms with Crippen LogP contribution in [0.4, 0.5) is 5.69 Å². The lowest BCUT2D eigenvalue weighted by Gasteiger charge is -2.14. The first kappa shape index (κ1) is 12.9. The monoisotopic (exact) mass is 254 g/mol. The van der Waals surface area contributed by atoms with Crippen molar-refractivity contribution in [3.05, 3.63) is 51.9 Å². The first-order valence-electron chi connectivity index (χ1n) is 5.85. The molecule has 0 unspecified atom stereocenters. The van der Waals surface area contributed by atoms with E-state index in [-0.39, 0.29) is 5.56 Å². The molecule has 2 aromatic rings. The lowest BCUT2D eigenvalue weighted by Crippen LogP contribution is -2.16. The fraction of sp³-hybridized carbons (Fsp3) is 0.200. The van der Waals surface area contributed by atoms with Crippen molar-refractivity contribution in [1.29, 1.82) is 5.26 Å². The molecule has 0 bridgehead atoms. The third-order valence-corrected chi connectivity index (χ3v) is 2.86. The predicted octanol–water partition coefficient (Wildman–Crippen LogP) is 2.55. The molecule has 1 heterocycles. The number of nitriles is 1. The smallest absolute Gasteiger partial charge is 0.356 e. The van der Waals surface area contributed by atoms with Gasteiger partial charge in [0.2, 0.25) is 0 Å². The van der Waals surface area contributed by atoms with Crippen molar-refractivity contribution in [2.75, 3.05) is 19.0 Å². The van der Waals surface area contributed by atoms with Gasteiger partial charge >= 0.3 is 5.63 Å². The van der Waals surface area contributed by atoms with E-state index in [1.165, 1.54) is 0 Å². The van der Waals surface area contributed by atoms with Gasteiger partial charge in [0.05, 0.1) is 5.69 Å². The van der Waals surface area contributed by atoms with Gasteiger partial charge in [-0.3, -0.25) is 0 Å². The van der Waals surface area contributed by atoms with Crippen LogP contribution in [-0.2, 0) is 0 Å². The van der Waals surface area contributed by atoms with Gasteiger partial charge < -0.3 is 9.32 Å². The zero-order chi connectivity index (χ0) is 14.0. The van der Waals surface area contributed by atoms with E-state index in [4.69, 9.17) is 9.68 Å². The highest BCUT2D eigenvalue weighted by atomic mass is 16.4. The van der Waals surface area contributed by atoms with E-state index >= 15 is 0 Å². The van der Waals surface area contributed by atoms with Crippen molar-refractivity contribution in [3.63, 3.8) is 0 Å². The summed E-state index contributed by atoms with van der Waals surface area (Å²) in [5.74, 6) is 0.465. The van der Waals surface area contributed by atoms with Crippen molar-refractivity contribution >= 4 is 5.69 Å². The molecule has 4 heteroatoms. The Hall–Kier alpha value is -2.54. The summed E-state index contributed by atoms with van der Waals surface area (Å²) in [5, 5.41) is 9.01. The van der Waals surface area contributed by atoms with E-state index in [1.54, 1.807) is 25.1 Å². The Balaban J connectivity index is 2.64. The maximum absolute atomic E-state index is 11.8. The van der Waals surface area contributed by atoms with Gasteiger partial charge in [0.1, 0.15) is 11.8 Å². The maximum atomic E-state index is 11.8. The second kappa shape index (κ2) is 4.99. The molecule has 0 N–H and O–H groups in total. The maximum Gasteiger partial charge on any atom is 0.356 e. The van der Waals surface area contributed by atoms with Crippen LogP contribution in [0.15, 0.2) is 39.5 Å². The lowest BCUT2D eigenvalue weighted by atomic mass is 10.1. The van der Waals surface area contributed by atoms with Crippen LogP contribution >= 0.6 is 0 Å². The molecular formula is C15H14N2O2. The topological polar surface area (TPSA) is 57.2 Å². The molecule has 0 saturated heterocycles. The zero-order valence-electron chi connectivity index (χ0n) is 11.1. The molecule has 4 nitrogen and oxygen atoms in total. The predicted molar refractivity (Wildman–Crippen MR) is 74.2 cm³/mol. The van der Waals surface area contributed by atoms with Crippen LogP contribution in [0.25, 0.3) is 11.3 Å². The molecule has 0 radical (unpaired) electrons. The quantitative estimate of drug-likeness (QED) is 0.826. The van der Waals surface area contributed by atoms with Crippen LogP contribution < -0.4 is 10.5 Å². The summed E-state index contributed by atoms with van der Waals surface area (Å²) in [6, 6.07) is 11.3. The van der Waals surface area contributed by atoms with E-state index in [2.05, 4.69) is 0 Å². The molecule has 2 rings (SSSR count). The number of rotatable bonds is 2. The summed E-state index contributed by atoms with van der Waals surface area (Å²) in [6.07, 6.45) is 0. The third-order valence-electron chi connectivity index (χ3n) is 2.86. The Bertz CT molecular complexity index is 692. The van der Waals surface area contributed by atoms with E-state index in [0.717, 1.165) is 11.1 Å². The summed E-state index contributed by atoms with van der Waals surface area (Å²) >= 11 is 0. The van der Waals surface area contributed by atoms with Gasteiger partial charge in [0, 0.05) is 25.7 Å². The van der Waals surface area contributed by atoms with Gasteiger partial charge in [-0.1, -0.05) is 29.8 Å². The van der Waals surface area contributed by atoms with Gasteiger partial charge in [-0.15, -0.1) is 0 Å². The Labute approximate surface area is 111 Å². The molecule has 0 aliphatic rings. The SMILES string of the molecule is Cc1ccc(-c2cc(N(C)C)c(C#N)c(=O)o2)cc1. The fourth-order valence-corrected chi connectivity index (χ4v) is 1.80. The fourth-order valence-electron chi connectivity index (χ4n) is 1.80. The molecule has 0 fully saturated rings. The molecule has 1 aromatic carbocycles. The standard InChI is InChI=1S/C15H14N2O2/c1-10-4-6-11(7-5-10)14-8-13(17(2)3)12(9-16)15(18)19-14/h4-8H,1-3H3. The summed E-state index contributed by atoms with van der Waals surface area (Å²) in [6.45, 7) is 1.99. The molecule has 0 atom stereocenters. The van der Waals surface area contributed by atoms with E-state index in [0.29, 0.717) is 11.4 Å². The zero-order valence-corrected chi connectivity index (χ0v) is 11.1. The van der Waals surface area contributed by atoms with Crippen LogP contribution in [-0.4, -0.2) is 14.1 Å². The summed E-state index contributed by atoms with van der Waals surface area (Å²) in [7, 11) is 3.57. The van der Waals surface area contributed by atoms with Gasteiger partial charge in [-0.2, -0.15) is 5.26 Å². The number of benzene rings is 1. The third kappa shape index (κ3) is 2.50. The molecular weight excluding hydrogens is 240 g/mol. The normalized spacial score (nSPS) is 10.0. The highest BCUT2D eigenvalue weighted by Crippen LogP contribution is 2.24. The number of hydrogen-bond donors (Lipinski definition) is 0. The summed E-state index contributed by atoms with van der Waals surface area (Å²) < 4.78 is 5.21. The van der Waals surface area contributed by atoms with Crippen molar-refractivity contribution in [2.24, 2.45) is 0 Å². The molecule has 0 amide bonds. The van der Waals surface area contributed by atoms with E-state index in [1.807, 2.05) is 37.3 Å². The highest BCUT2D eigenvalue weighted by molar-refractivity contribution is 5.67. The van der Waals surface area contributed by atoms with E-state index < -0.39 is 5.63 Å². The number of hydrogen-bond acceptors (Lipinski definition) is 4. The molecule has 96 valence electrons. The largest absolute Gasteiger partial charge is 0.422 e. The first-order chi connectivity index (χ1) is 9.02. The minimum absolute atomic E-state index is 0.0286. The van der Waals surface area contributed by atoms with Crippen LogP contribution in [0.3, 0.4) is 0 Å². The van der Waals surface area contributed by atoms with Gasteiger partial charge in [0.25, 0.3) is 0 Å². The summed E-state index contributed by atoms with van der Waals surface area (Å²) in [5.41, 5.74) is 1.93. The number of anilines is 1. The van der Waals surface area contributed by atoms with Gasteiger partial charge in [0.15, 0.2) is 5.56 Å². The average molecular weight is 254 g/mol. The van der Waals surface area contributed by atoms with E-state index in [9.17, 15) is 4.79 Å². The van der Waals surface area contributed by atoms with Crippen molar-refractivity contribution in [3.8, 4) is 17.4 Å². The minimum atomic E-state index is -0.607. The Kier molecular flexibility index (Phi) is 3.39. The molecule has 1 aromatic heterocycles. The molecule has 0 aliphatic carbocycles. The molecule has 19 heavy (non-hydrogen) atoms. The molecule has 0 spiro atoms. The summed E-state index contributed by atoms with van der Waals surface area (Å²) in [4.78, 5) is 13.6. The second-order valence-electron chi connectivity index (χ2n) is 4.53. The molecule has 0 aliphatic heterocycles. The van der Waals surface area contributed by atoms with Crippen molar-refractivity contribution in [2.45, 2.75) is 6.92 Å². The van der Waals surface area contributed by atoms with Crippen molar-refractivity contribution in [1.82, 2.24) is 0 Å². The minimum Gasteiger partial charge on any atom is -0.422 e. The molecule has 0 saturated carbocycles. The Morgan fingerprint density at radius 3 is 2.37 bits per heavy atom.